The molecule has 0 bridgehead atoms. The van der Waals surface area contributed by atoms with Gasteiger partial charge < -0.3 is 4.74 Å². The number of rotatable bonds is 3. The summed E-state index contributed by atoms with van der Waals surface area (Å²) in [4.78, 5) is 0. The van der Waals surface area contributed by atoms with Crippen LogP contribution in [0, 0.1) is 0 Å². The summed E-state index contributed by atoms with van der Waals surface area (Å²) in [6, 6.07) is -0.435. The van der Waals surface area contributed by atoms with Gasteiger partial charge in [-0.05, 0) is 20.7 Å². The summed E-state index contributed by atoms with van der Waals surface area (Å²) in [7, 11) is 1.36. The van der Waals surface area contributed by atoms with Crippen molar-refractivity contribution in [3.63, 3.8) is 0 Å². The van der Waals surface area contributed by atoms with Crippen LogP contribution in [0.15, 0.2) is 0 Å². The van der Waals surface area contributed by atoms with Crippen LogP contribution in [0.2, 0.25) is 0 Å². The van der Waals surface area contributed by atoms with Crippen LogP contribution in [-0.4, -0.2) is 18.8 Å². The zero-order chi connectivity index (χ0) is 9.99. The van der Waals surface area contributed by atoms with Crippen molar-refractivity contribution in [3.8, 4) is 0 Å². The van der Waals surface area contributed by atoms with Gasteiger partial charge in [-0.3, -0.25) is 11.3 Å². The number of nitrogens with one attached hydrogen (secondary N) is 1. The van der Waals surface area contributed by atoms with Gasteiger partial charge in [0.25, 0.3) is 0 Å². The number of hydrogen-bond acceptors (Lipinski definition) is 3. The van der Waals surface area contributed by atoms with Crippen molar-refractivity contribution < 1.29 is 8.85 Å². The zero-order valence-electron chi connectivity index (χ0n) is 9.06. The Bertz CT molecular complexity index is 150. The van der Waals surface area contributed by atoms with Crippen molar-refractivity contribution in [2.45, 2.75) is 32.3 Å². The molecule has 0 saturated carbocycles. The highest BCUT2D eigenvalue weighted by atomic mass is 16.5. The molecule has 0 aliphatic carbocycles. The smallest absolute Gasteiger partial charge is 0.0785 e. The maximum Gasteiger partial charge on any atom is 0.0785 e. The maximum atomic E-state index is 7.23. The Balaban J connectivity index is 4.67. The van der Waals surface area contributed by atoms with E-state index in [1.54, 1.807) is 6.92 Å². The van der Waals surface area contributed by atoms with Crippen molar-refractivity contribution in [2.24, 2.45) is 5.84 Å². The van der Waals surface area contributed by atoms with E-state index in [0.29, 0.717) is 0 Å². The Hall–Kier alpha value is -0.120. The second kappa shape index (κ2) is 3.15. The molecule has 0 rings (SSSR count). The second-order valence-electron chi connectivity index (χ2n) is 2.20. The molecule has 3 nitrogen and oxygen atoms in total. The number of ether oxygens (including phenoxy) is 1. The average Bonchev–Trinajstić information content (AvgIpc) is 1.99. The fraction of sp³-hybridized carbons (Fsp3) is 1.00. The van der Waals surface area contributed by atoms with Gasteiger partial charge in [-0.25, -0.2) is 0 Å². The fourth-order valence-corrected chi connectivity index (χ4v) is 0.336. The third-order valence-corrected chi connectivity index (χ3v) is 1.50. The van der Waals surface area contributed by atoms with Crippen molar-refractivity contribution in [2.75, 3.05) is 7.11 Å². The monoisotopic (exact) mass is 135 g/mol. The minimum Gasteiger partial charge on any atom is -0.377 e. The molecule has 0 spiro atoms. The summed E-state index contributed by atoms with van der Waals surface area (Å²) in [6.07, 6.45) is 0. The van der Waals surface area contributed by atoms with Crippen LogP contribution in [0.5, 0.6) is 0 Å². The molecule has 9 heavy (non-hydrogen) atoms. The van der Waals surface area contributed by atoms with Gasteiger partial charge in [-0.2, -0.15) is 0 Å². The first kappa shape index (κ1) is 4.66. The van der Waals surface area contributed by atoms with Gasteiger partial charge in [-0.1, -0.05) is 0 Å². The SMILES string of the molecule is [2H]C([2H])([2H])[C@](C)(OC)[C@@H](C)NN. The highest BCUT2D eigenvalue weighted by Gasteiger charge is 2.23. The highest BCUT2D eigenvalue weighted by Crippen LogP contribution is 2.11. The summed E-state index contributed by atoms with van der Waals surface area (Å²) in [5.74, 6) is 5.15. The topological polar surface area (TPSA) is 47.3 Å². The molecule has 0 radical (unpaired) electrons. The molecule has 0 amide bonds. The minimum absolute atomic E-state index is 0.435. The normalized spacial score (nSPS) is 27.3. The molecule has 56 valence electrons. The molecule has 0 aromatic heterocycles. The van der Waals surface area contributed by atoms with Crippen LogP contribution in [-0.2, 0) is 4.74 Å². The maximum absolute atomic E-state index is 7.23. The zero-order valence-corrected chi connectivity index (χ0v) is 6.06. The predicted molar refractivity (Wildman–Crippen MR) is 37.9 cm³/mol. The Morgan fingerprint density at radius 1 is 1.89 bits per heavy atom. The first-order valence-electron chi connectivity index (χ1n) is 4.31. The van der Waals surface area contributed by atoms with Crippen LogP contribution >= 0.6 is 0 Å². The van der Waals surface area contributed by atoms with Crippen LogP contribution in [0.3, 0.4) is 0 Å². The van der Waals surface area contributed by atoms with Crippen molar-refractivity contribution in [3.05, 3.63) is 0 Å². The van der Waals surface area contributed by atoms with E-state index in [2.05, 4.69) is 5.43 Å². The van der Waals surface area contributed by atoms with Crippen LogP contribution in [0.1, 0.15) is 24.8 Å². The summed E-state index contributed by atoms with van der Waals surface area (Å²) in [5.41, 5.74) is 1.13. The molecular formula is C6H16N2O. The molecule has 3 N–H and O–H groups in total. The molecule has 3 heteroatoms. The first-order chi connectivity index (χ1) is 5.29. The molecule has 0 unspecified atom stereocenters. The van der Waals surface area contributed by atoms with Gasteiger partial charge in [0, 0.05) is 17.3 Å². The van der Waals surface area contributed by atoms with Crippen LogP contribution in [0.4, 0.5) is 0 Å². The molecular weight excluding hydrogens is 116 g/mol. The third kappa shape index (κ3) is 2.30. The van der Waals surface area contributed by atoms with E-state index in [4.69, 9.17) is 14.7 Å². The van der Waals surface area contributed by atoms with E-state index in [9.17, 15) is 0 Å². The van der Waals surface area contributed by atoms with E-state index in [1.165, 1.54) is 14.0 Å². The number of methoxy groups -OCH3 is 1. The minimum atomic E-state index is -2.19. The fourth-order valence-electron chi connectivity index (χ4n) is 0.336. The van der Waals surface area contributed by atoms with Gasteiger partial charge in [0.15, 0.2) is 0 Å². The van der Waals surface area contributed by atoms with Crippen LogP contribution in [0.25, 0.3) is 0 Å². The Labute approximate surface area is 60.8 Å². The van der Waals surface area contributed by atoms with Gasteiger partial charge in [0.1, 0.15) is 0 Å². The summed E-state index contributed by atoms with van der Waals surface area (Å²) in [6.45, 7) is 0.980. The standard InChI is InChI=1S/C6H16N2O/c1-5(8-7)6(2,3)9-4/h5,8H,7H2,1-4H3/t5-/m1/s1/i2D3/t5-,6-. The molecule has 2 atom stereocenters. The molecule has 0 aliphatic heterocycles. The van der Waals surface area contributed by atoms with E-state index in [0.717, 1.165) is 0 Å². The molecule has 0 fully saturated rings. The summed E-state index contributed by atoms with van der Waals surface area (Å²) in [5, 5.41) is 0. The van der Waals surface area contributed by atoms with Gasteiger partial charge >= 0.3 is 0 Å². The number of hydrazine groups is 1. The van der Waals surface area contributed by atoms with Crippen LogP contribution < -0.4 is 11.3 Å². The predicted octanol–water partition coefficient (Wildman–Crippen LogP) is 0.263. The van der Waals surface area contributed by atoms with E-state index in [1.807, 2.05) is 0 Å². The average molecular weight is 135 g/mol. The van der Waals surface area contributed by atoms with Crippen molar-refractivity contribution in [1.29, 1.82) is 0 Å². The van der Waals surface area contributed by atoms with Gasteiger partial charge in [0.05, 0.1) is 5.60 Å². The van der Waals surface area contributed by atoms with Crippen molar-refractivity contribution >= 4 is 0 Å². The number of hydrogen-bond donors (Lipinski definition) is 2. The van der Waals surface area contributed by atoms with Crippen molar-refractivity contribution in [1.82, 2.24) is 5.43 Å². The first-order valence-corrected chi connectivity index (χ1v) is 2.81. The lowest BCUT2D eigenvalue weighted by molar-refractivity contribution is -0.00489. The molecule has 0 aromatic carbocycles. The number of nitrogens with two attached hydrogens (primary N) is 1. The lowest BCUT2D eigenvalue weighted by Crippen LogP contribution is -2.48. The van der Waals surface area contributed by atoms with E-state index >= 15 is 0 Å². The Kier molecular flexibility index (Phi) is 1.63. The van der Waals surface area contributed by atoms with E-state index in [-0.39, 0.29) is 0 Å². The molecule has 0 heterocycles. The van der Waals surface area contributed by atoms with Gasteiger partial charge in [-0.15, -0.1) is 0 Å². The Morgan fingerprint density at radius 3 is 2.56 bits per heavy atom. The Morgan fingerprint density at radius 2 is 2.44 bits per heavy atom. The summed E-state index contributed by atoms with van der Waals surface area (Å²) >= 11 is 0. The second-order valence-corrected chi connectivity index (χ2v) is 2.20. The molecule has 0 saturated heterocycles. The molecule has 0 aliphatic rings. The quantitative estimate of drug-likeness (QED) is 0.431. The van der Waals surface area contributed by atoms with Gasteiger partial charge in [0.2, 0.25) is 0 Å². The lowest BCUT2D eigenvalue weighted by atomic mass is 10.0. The molecule has 0 aromatic rings. The van der Waals surface area contributed by atoms with E-state index < -0.39 is 18.5 Å². The lowest BCUT2D eigenvalue weighted by Gasteiger charge is -2.29. The summed E-state index contributed by atoms with van der Waals surface area (Å²) < 4.78 is 26.6. The highest BCUT2D eigenvalue weighted by molar-refractivity contribution is 4.79. The third-order valence-electron chi connectivity index (χ3n) is 1.50. The largest absolute Gasteiger partial charge is 0.377 e.